The van der Waals surface area contributed by atoms with Gasteiger partial charge in [0.2, 0.25) is 5.28 Å². The molecule has 1 fully saturated rings. The maximum Gasteiger partial charge on any atom is 0.243 e. The van der Waals surface area contributed by atoms with Gasteiger partial charge in [-0.3, -0.25) is 0 Å². The summed E-state index contributed by atoms with van der Waals surface area (Å²) in [6.07, 6.45) is 3.96. The van der Waals surface area contributed by atoms with Crippen LogP contribution in [0.2, 0.25) is 5.28 Å². The molecule has 1 saturated heterocycles. The van der Waals surface area contributed by atoms with Crippen molar-refractivity contribution in [2.24, 2.45) is 5.92 Å². The molecule has 190 valence electrons. The van der Waals surface area contributed by atoms with E-state index in [4.69, 9.17) is 25.8 Å². The molecule has 7 nitrogen and oxygen atoms in total. The molecule has 3 aliphatic rings. The maximum absolute atomic E-state index is 6.45. The Kier molecular flexibility index (Phi) is 5.68. The summed E-state index contributed by atoms with van der Waals surface area (Å²) >= 11 is 6.45. The van der Waals surface area contributed by atoms with E-state index in [1.54, 1.807) is 0 Å². The molecule has 4 atom stereocenters. The fraction of sp³-hybridized carbons (Fsp3) is 0.500. The number of aryl methyl sites for hydroxylation is 1. The molecule has 6 rings (SSSR count). The molecule has 8 heteroatoms. The van der Waals surface area contributed by atoms with E-state index in [2.05, 4.69) is 72.6 Å². The van der Waals surface area contributed by atoms with Gasteiger partial charge in [-0.15, -0.1) is 5.10 Å². The van der Waals surface area contributed by atoms with Gasteiger partial charge in [-0.1, -0.05) is 30.3 Å². The number of benzene rings is 1. The van der Waals surface area contributed by atoms with Crippen molar-refractivity contribution >= 4 is 28.5 Å². The maximum atomic E-state index is 6.45. The average molecular weight is 509 g/mol. The summed E-state index contributed by atoms with van der Waals surface area (Å²) in [4.78, 5) is 4.57. The number of nitrogens with zero attached hydrogens (tertiary/aromatic N) is 3. The summed E-state index contributed by atoms with van der Waals surface area (Å²) < 4.78 is 20.7. The Hall–Kier alpha value is -2.45. The first kappa shape index (κ1) is 23.9. The molecule has 2 aliphatic carbocycles. The topological polar surface area (TPSA) is 69.9 Å². The lowest BCUT2D eigenvalue weighted by Crippen LogP contribution is -2.31. The fourth-order valence-electron chi connectivity index (χ4n) is 5.65. The van der Waals surface area contributed by atoms with Crippen molar-refractivity contribution in [2.75, 3.05) is 11.9 Å². The van der Waals surface area contributed by atoms with E-state index in [0.717, 1.165) is 35.4 Å². The smallest absolute Gasteiger partial charge is 0.243 e. The van der Waals surface area contributed by atoms with Gasteiger partial charge < -0.3 is 19.5 Å². The molecule has 1 aliphatic heterocycles. The van der Waals surface area contributed by atoms with Crippen molar-refractivity contribution < 1.29 is 14.2 Å². The number of aromatic nitrogens is 3. The minimum atomic E-state index is -0.670. The van der Waals surface area contributed by atoms with Gasteiger partial charge >= 0.3 is 0 Å². The lowest BCUT2D eigenvalue weighted by molar-refractivity contribution is -0.150. The third kappa shape index (κ3) is 4.32. The summed E-state index contributed by atoms with van der Waals surface area (Å²) in [6, 6.07) is 12.9. The Balaban J connectivity index is 1.36. The zero-order chi connectivity index (χ0) is 25.2. The molecular formula is C28H33ClN4O3. The molecule has 0 amide bonds. The van der Waals surface area contributed by atoms with Crippen LogP contribution in [0.4, 0.5) is 5.82 Å². The second-order valence-electron chi connectivity index (χ2n) is 11.4. The number of anilines is 1. The molecule has 0 spiro atoms. The summed E-state index contributed by atoms with van der Waals surface area (Å²) in [5, 5.41) is 8.42. The van der Waals surface area contributed by atoms with Crippen molar-refractivity contribution in [2.45, 2.75) is 77.1 Å². The summed E-state index contributed by atoms with van der Waals surface area (Å²) in [7, 11) is 0. The number of halogens is 1. The Morgan fingerprint density at radius 3 is 2.78 bits per heavy atom. The van der Waals surface area contributed by atoms with Gasteiger partial charge in [0.05, 0.1) is 30.0 Å². The summed E-state index contributed by atoms with van der Waals surface area (Å²) in [5.41, 5.74) is 5.32. The van der Waals surface area contributed by atoms with Gasteiger partial charge in [0.15, 0.2) is 11.6 Å². The highest BCUT2D eigenvalue weighted by Crippen LogP contribution is 2.45. The van der Waals surface area contributed by atoms with E-state index in [-0.39, 0.29) is 35.1 Å². The number of hydrogen-bond donors (Lipinski definition) is 1. The highest BCUT2D eigenvalue weighted by Gasteiger charge is 2.51. The van der Waals surface area contributed by atoms with Crippen LogP contribution in [-0.4, -0.2) is 44.8 Å². The zero-order valence-corrected chi connectivity index (χ0v) is 22.2. The Labute approximate surface area is 216 Å². The van der Waals surface area contributed by atoms with E-state index in [1.165, 1.54) is 11.1 Å². The monoisotopic (exact) mass is 508 g/mol. The van der Waals surface area contributed by atoms with E-state index in [9.17, 15) is 0 Å². The molecule has 1 N–H and O–H groups in total. The van der Waals surface area contributed by atoms with E-state index < -0.39 is 5.79 Å². The molecular weight excluding hydrogens is 476 g/mol. The lowest BCUT2D eigenvalue weighted by atomic mass is 10.1. The number of hydrogen-bond acceptors (Lipinski definition) is 6. The first-order chi connectivity index (χ1) is 17.1. The Morgan fingerprint density at radius 2 is 1.97 bits per heavy atom. The minimum Gasteiger partial charge on any atom is -0.375 e. The van der Waals surface area contributed by atoms with E-state index >= 15 is 0 Å². The predicted octanol–water partition coefficient (Wildman–Crippen LogP) is 5.83. The first-order valence-corrected chi connectivity index (χ1v) is 13.1. The highest BCUT2D eigenvalue weighted by atomic mass is 35.5. The third-order valence-corrected chi connectivity index (χ3v) is 7.34. The third-order valence-electron chi connectivity index (χ3n) is 7.18. The van der Waals surface area contributed by atoms with Crippen molar-refractivity contribution in [3.63, 3.8) is 0 Å². The molecule has 36 heavy (non-hydrogen) atoms. The fourth-order valence-corrected chi connectivity index (χ4v) is 5.81. The van der Waals surface area contributed by atoms with Crippen molar-refractivity contribution in [3.8, 4) is 0 Å². The van der Waals surface area contributed by atoms with Gasteiger partial charge in [0.25, 0.3) is 0 Å². The molecule has 2 aromatic heterocycles. The van der Waals surface area contributed by atoms with Crippen LogP contribution in [-0.2, 0) is 20.6 Å². The molecule has 1 aromatic carbocycles. The standard InChI is InChI=1S/C28H33ClN4O3/c1-27(2,3)34-15-17-14-19(24-23(17)35-28(4,5)36-24)21-12-13-22-25(31-26(29)32-33(21)22)30-20-11-10-16-8-6-7-9-18(16)20/h6-9,12-14,17,20,23-24H,10-11,15H2,1-5H3,(H,30,31,32)/t17-,20-,23-,24+/m1/s1. The second-order valence-corrected chi connectivity index (χ2v) is 11.7. The number of rotatable bonds is 5. The number of fused-ring (bicyclic) bond motifs is 3. The summed E-state index contributed by atoms with van der Waals surface area (Å²) in [5.74, 6) is 0.132. The van der Waals surface area contributed by atoms with Crippen LogP contribution in [0.3, 0.4) is 0 Å². The quantitative estimate of drug-likeness (QED) is 0.467. The molecule has 0 unspecified atom stereocenters. The Morgan fingerprint density at radius 1 is 1.17 bits per heavy atom. The molecule has 0 radical (unpaired) electrons. The van der Waals surface area contributed by atoms with Crippen LogP contribution < -0.4 is 5.32 Å². The van der Waals surface area contributed by atoms with Gasteiger partial charge in [0, 0.05) is 11.5 Å². The van der Waals surface area contributed by atoms with Crippen LogP contribution in [0.5, 0.6) is 0 Å². The van der Waals surface area contributed by atoms with Crippen LogP contribution in [0.15, 0.2) is 42.5 Å². The van der Waals surface area contributed by atoms with Gasteiger partial charge in [-0.05, 0) is 82.3 Å². The SMILES string of the molecule is CC(C)(C)OC[C@H]1C=C(c2ccc3c(N[C@@H]4CCc5ccccc54)nc(Cl)nn23)[C@@H]2OC(C)(C)O[C@H]12. The van der Waals surface area contributed by atoms with E-state index in [0.29, 0.717) is 6.61 Å². The van der Waals surface area contributed by atoms with Crippen LogP contribution >= 0.6 is 11.6 Å². The predicted molar refractivity (Wildman–Crippen MR) is 140 cm³/mol. The molecule has 3 aromatic rings. The van der Waals surface area contributed by atoms with Crippen LogP contribution in [0.1, 0.15) is 63.9 Å². The molecule has 0 saturated carbocycles. The minimum absolute atomic E-state index is 0.0708. The van der Waals surface area contributed by atoms with Crippen molar-refractivity contribution in [3.05, 3.63) is 64.6 Å². The molecule has 3 heterocycles. The lowest BCUT2D eigenvalue weighted by Gasteiger charge is -2.25. The van der Waals surface area contributed by atoms with Crippen LogP contribution in [0.25, 0.3) is 11.1 Å². The van der Waals surface area contributed by atoms with E-state index in [1.807, 2.05) is 24.4 Å². The van der Waals surface area contributed by atoms with Gasteiger partial charge in [-0.25, -0.2) is 4.52 Å². The second kappa shape index (κ2) is 8.55. The number of ether oxygens (including phenoxy) is 3. The van der Waals surface area contributed by atoms with Crippen molar-refractivity contribution in [1.82, 2.24) is 14.6 Å². The zero-order valence-electron chi connectivity index (χ0n) is 21.4. The largest absolute Gasteiger partial charge is 0.375 e. The van der Waals surface area contributed by atoms with Gasteiger partial charge in [0.1, 0.15) is 11.6 Å². The first-order valence-electron chi connectivity index (χ1n) is 12.7. The highest BCUT2D eigenvalue weighted by molar-refractivity contribution is 6.28. The normalized spacial score (nSPS) is 26.8. The van der Waals surface area contributed by atoms with Crippen molar-refractivity contribution in [1.29, 1.82) is 0 Å². The molecule has 0 bridgehead atoms. The van der Waals surface area contributed by atoms with Crippen LogP contribution in [0, 0.1) is 5.92 Å². The van der Waals surface area contributed by atoms with Gasteiger partial charge in [-0.2, -0.15) is 4.98 Å². The average Bonchev–Trinajstić information content (AvgIpc) is 3.54. The summed E-state index contributed by atoms with van der Waals surface area (Å²) in [6.45, 7) is 10.7. The Bertz CT molecular complexity index is 1340. The number of nitrogens with one attached hydrogen (secondary N) is 1.